The molecule has 1 rings (SSSR count). The van der Waals surface area contributed by atoms with E-state index in [9.17, 15) is 4.39 Å². The first-order chi connectivity index (χ1) is 4.61. The van der Waals surface area contributed by atoms with Crippen molar-refractivity contribution in [3.05, 3.63) is 22.6 Å². The Morgan fingerprint density at radius 3 is 2.80 bits per heavy atom. The molecule has 1 aromatic rings. The summed E-state index contributed by atoms with van der Waals surface area (Å²) in [5.74, 6) is -0.644. The molecule has 2 nitrogen and oxygen atoms in total. The molecular weight excluding hydrogens is 155 g/mol. The molecule has 0 aliphatic rings. The lowest BCUT2D eigenvalue weighted by Gasteiger charge is -1.98. The fraction of sp³-hybridized carbons (Fsp3) is 0.167. The minimum absolute atomic E-state index is 0.148. The highest BCUT2D eigenvalue weighted by Gasteiger charge is 2.03. The zero-order chi connectivity index (χ0) is 7.72. The zero-order valence-corrected chi connectivity index (χ0v) is 6.11. The highest BCUT2D eigenvalue weighted by atomic mass is 35.5. The molecule has 0 atom stereocenters. The van der Waals surface area contributed by atoms with Gasteiger partial charge in [0.25, 0.3) is 0 Å². The summed E-state index contributed by atoms with van der Waals surface area (Å²) in [7, 11) is 0. The van der Waals surface area contributed by atoms with Crippen LogP contribution in [0.15, 0.2) is 6.07 Å². The van der Waals surface area contributed by atoms with Gasteiger partial charge < -0.3 is 5.73 Å². The Hall–Kier alpha value is -0.830. The van der Waals surface area contributed by atoms with Crippen LogP contribution in [0.2, 0.25) is 5.15 Å². The largest absolute Gasteiger partial charge is 0.381 e. The van der Waals surface area contributed by atoms with E-state index in [2.05, 4.69) is 4.98 Å². The van der Waals surface area contributed by atoms with E-state index in [-0.39, 0.29) is 11.0 Å². The summed E-state index contributed by atoms with van der Waals surface area (Å²) in [6, 6.07) is 1.42. The second-order valence-electron chi connectivity index (χ2n) is 1.96. The van der Waals surface area contributed by atoms with Gasteiger partial charge in [-0.3, -0.25) is 0 Å². The van der Waals surface area contributed by atoms with Gasteiger partial charge in [0.1, 0.15) is 5.15 Å². The van der Waals surface area contributed by atoms with Crippen LogP contribution in [0, 0.1) is 12.7 Å². The Balaban J connectivity index is 3.31. The van der Waals surface area contributed by atoms with Crippen molar-refractivity contribution in [2.45, 2.75) is 6.92 Å². The zero-order valence-electron chi connectivity index (χ0n) is 5.36. The molecule has 4 heteroatoms. The molecule has 0 saturated carbocycles. The van der Waals surface area contributed by atoms with Gasteiger partial charge in [-0.2, -0.15) is 0 Å². The van der Waals surface area contributed by atoms with Gasteiger partial charge in [0.15, 0.2) is 11.6 Å². The normalized spacial score (nSPS) is 9.90. The Morgan fingerprint density at radius 2 is 2.30 bits per heavy atom. The Morgan fingerprint density at radius 1 is 1.70 bits per heavy atom. The molecule has 0 fully saturated rings. The van der Waals surface area contributed by atoms with Gasteiger partial charge in [-0.25, -0.2) is 9.37 Å². The molecule has 0 spiro atoms. The maximum Gasteiger partial charge on any atom is 0.168 e. The third-order valence-corrected chi connectivity index (χ3v) is 1.33. The SMILES string of the molecule is Cc1cc(Cl)nc(N)c1F. The number of hydrogen-bond donors (Lipinski definition) is 1. The second kappa shape index (κ2) is 2.42. The van der Waals surface area contributed by atoms with Crippen LogP contribution in [-0.4, -0.2) is 4.98 Å². The fourth-order valence-electron chi connectivity index (χ4n) is 0.640. The molecule has 0 unspecified atom stereocenters. The summed E-state index contributed by atoms with van der Waals surface area (Å²) >= 11 is 5.46. The maximum absolute atomic E-state index is 12.7. The van der Waals surface area contributed by atoms with Crippen LogP contribution in [0.25, 0.3) is 0 Å². The van der Waals surface area contributed by atoms with E-state index in [0.717, 1.165) is 0 Å². The molecule has 0 bridgehead atoms. The summed E-state index contributed by atoms with van der Waals surface area (Å²) in [5.41, 5.74) is 5.57. The minimum Gasteiger partial charge on any atom is -0.381 e. The molecule has 0 aromatic carbocycles. The molecule has 0 saturated heterocycles. The summed E-state index contributed by atoms with van der Waals surface area (Å²) in [4.78, 5) is 3.50. The van der Waals surface area contributed by atoms with E-state index < -0.39 is 5.82 Å². The number of halogens is 2. The van der Waals surface area contributed by atoms with Crippen LogP contribution in [-0.2, 0) is 0 Å². The maximum atomic E-state index is 12.7. The Bertz CT molecular complexity index is 239. The molecule has 1 heterocycles. The lowest BCUT2D eigenvalue weighted by molar-refractivity contribution is 0.618. The van der Waals surface area contributed by atoms with Gasteiger partial charge in [-0.15, -0.1) is 0 Å². The van der Waals surface area contributed by atoms with E-state index >= 15 is 0 Å². The van der Waals surface area contributed by atoms with Crippen molar-refractivity contribution in [2.75, 3.05) is 5.73 Å². The van der Waals surface area contributed by atoms with Gasteiger partial charge in [-0.1, -0.05) is 11.6 Å². The number of aryl methyl sites for hydroxylation is 1. The van der Waals surface area contributed by atoms with Crippen molar-refractivity contribution in [3.63, 3.8) is 0 Å². The third kappa shape index (κ3) is 1.19. The lowest BCUT2D eigenvalue weighted by Crippen LogP contribution is -1.97. The lowest BCUT2D eigenvalue weighted by atomic mass is 10.3. The smallest absolute Gasteiger partial charge is 0.168 e. The van der Waals surface area contributed by atoms with Crippen molar-refractivity contribution in [1.82, 2.24) is 4.98 Å². The molecule has 0 aliphatic heterocycles. The van der Waals surface area contributed by atoms with Crippen LogP contribution < -0.4 is 5.73 Å². The standard InChI is InChI=1S/C6H6ClFN2/c1-3-2-4(7)10-6(9)5(3)8/h2H,1H3,(H2,9,10). The minimum atomic E-state index is -0.496. The molecule has 0 aliphatic carbocycles. The predicted octanol–water partition coefficient (Wildman–Crippen LogP) is 1.76. The van der Waals surface area contributed by atoms with Crippen molar-refractivity contribution in [2.24, 2.45) is 0 Å². The van der Waals surface area contributed by atoms with Crippen molar-refractivity contribution in [1.29, 1.82) is 0 Å². The quantitative estimate of drug-likeness (QED) is 0.588. The number of nitrogens with zero attached hydrogens (tertiary/aromatic N) is 1. The van der Waals surface area contributed by atoms with E-state index in [1.807, 2.05) is 0 Å². The summed E-state index contributed by atoms with van der Waals surface area (Å²) in [6.07, 6.45) is 0. The molecule has 0 amide bonds. The molecule has 54 valence electrons. The van der Waals surface area contributed by atoms with Crippen molar-refractivity contribution < 1.29 is 4.39 Å². The van der Waals surface area contributed by atoms with Crippen molar-refractivity contribution >= 4 is 17.4 Å². The van der Waals surface area contributed by atoms with Gasteiger partial charge in [-0.05, 0) is 18.6 Å². The molecule has 0 radical (unpaired) electrons. The first-order valence-electron chi connectivity index (χ1n) is 2.69. The number of hydrogen-bond acceptors (Lipinski definition) is 2. The monoisotopic (exact) mass is 160 g/mol. The number of nitrogens with two attached hydrogens (primary N) is 1. The van der Waals surface area contributed by atoms with Crippen LogP contribution >= 0.6 is 11.6 Å². The van der Waals surface area contributed by atoms with Crippen molar-refractivity contribution in [3.8, 4) is 0 Å². The van der Waals surface area contributed by atoms with E-state index in [1.165, 1.54) is 6.07 Å². The summed E-state index contributed by atoms with van der Waals surface area (Å²) in [5, 5.41) is 0.219. The number of aromatic nitrogens is 1. The highest BCUT2D eigenvalue weighted by Crippen LogP contribution is 2.15. The summed E-state index contributed by atoms with van der Waals surface area (Å²) in [6.45, 7) is 1.58. The van der Waals surface area contributed by atoms with Crippen LogP contribution in [0.4, 0.5) is 10.2 Å². The molecule has 1 aromatic heterocycles. The topological polar surface area (TPSA) is 38.9 Å². The first-order valence-corrected chi connectivity index (χ1v) is 3.07. The average Bonchev–Trinajstić information content (AvgIpc) is 1.82. The molecule has 10 heavy (non-hydrogen) atoms. The van der Waals surface area contributed by atoms with Gasteiger partial charge in [0, 0.05) is 0 Å². The number of rotatable bonds is 0. The number of anilines is 1. The third-order valence-electron chi connectivity index (χ3n) is 1.13. The Kier molecular flexibility index (Phi) is 1.76. The second-order valence-corrected chi connectivity index (χ2v) is 2.35. The van der Waals surface area contributed by atoms with Crippen LogP contribution in [0.3, 0.4) is 0 Å². The van der Waals surface area contributed by atoms with Gasteiger partial charge >= 0.3 is 0 Å². The number of nitrogen functional groups attached to an aromatic ring is 1. The average molecular weight is 161 g/mol. The van der Waals surface area contributed by atoms with Crippen LogP contribution in [0.1, 0.15) is 5.56 Å². The number of pyridine rings is 1. The fourth-order valence-corrected chi connectivity index (χ4v) is 0.895. The molecular formula is C6H6ClFN2. The van der Waals surface area contributed by atoms with E-state index in [0.29, 0.717) is 5.56 Å². The Labute approximate surface area is 62.8 Å². The molecule has 2 N–H and O–H groups in total. The van der Waals surface area contributed by atoms with E-state index in [4.69, 9.17) is 17.3 Å². The highest BCUT2D eigenvalue weighted by molar-refractivity contribution is 6.29. The van der Waals surface area contributed by atoms with Crippen LogP contribution in [0.5, 0.6) is 0 Å². The van der Waals surface area contributed by atoms with Gasteiger partial charge in [0.2, 0.25) is 0 Å². The van der Waals surface area contributed by atoms with E-state index in [1.54, 1.807) is 6.92 Å². The predicted molar refractivity (Wildman–Crippen MR) is 38.4 cm³/mol. The van der Waals surface area contributed by atoms with Gasteiger partial charge in [0.05, 0.1) is 0 Å². The first kappa shape index (κ1) is 7.28. The summed E-state index contributed by atoms with van der Waals surface area (Å²) < 4.78 is 12.7.